The van der Waals surface area contributed by atoms with E-state index in [1.807, 2.05) is 0 Å². The van der Waals surface area contributed by atoms with Crippen molar-refractivity contribution in [3.05, 3.63) is 65.5 Å². The van der Waals surface area contributed by atoms with Gasteiger partial charge >= 0.3 is 12.2 Å². The molecule has 0 aliphatic carbocycles. The van der Waals surface area contributed by atoms with E-state index in [9.17, 15) is 27.2 Å². The maximum atomic E-state index is 14.0. The summed E-state index contributed by atoms with van der Waals surface area (Å²) in [5, 5.41) is 5.71. The number of ether oxygens (including phenoxy) is 2. The lowest BCUT2D eigenvalue weighted by Crippen LogP contribution is -2.66. The zero-order valence-electron chi connectivity index (χ0n) is 20.3. The second kappa shape index (κ2) is 11.0. The highest BCUT2D eigenvalue weighted by molar-refractivity contribution is 5.85. The zero-order chi connectivity index (χ0) is 26.6. The maximum absolute atomic E-state index is 14.0. The maximum Gasteiger partial charge on any atom is 0.404 e. The van der Waals surface area contributed by atoms with E-state index in [1.165, 1.54) is 48.4 Å². The van der Waals surface area contributed by atoms with Crippen LogP contribution in [0.2, 0.25) is 0 Å². The third-order valence-corrected chi connectivity index (χ3v) is 7.07. The number of carbonyl (C=O) groups is 2. The highest BCUT2D eigenvalue weighted by Gasteiger charge is 2.51. The second-order valence-electron chi connectivity index (χ2n) is 9.28. The monoisotopic (exact) mass is 523 g/mol. The molecule has 1 spiro atoms. The number of amides is 3. The Morgan fingerprint density at radius 1 is 1.14 bits per heavy atom. The summed E-state index contributed by atoms with van der Waals surface area (Å²) in [7, 11) is 1.52. The van der Waals surface area contributed by atoms with Gasteiger partial charge < -0.3 is 25.0 Å². The second-order valence-corrected chi connectivity index (χ2v) is 9.28. The highest BCUT2D eigenvalue weighted by Crippen LogP contribution is 2.43. The lowest BCUT2D eigenvalue weighted by molar-refractivity contribution is -0.173. The van der Waals surface area contributed by atoms with Gasteiger partial charge in [-0.05, 0) is 24.5 Å². The van der Waals surface area contributed by atoms with Crippen LogP contribution >= 0.6 is 0 Å². The minimum atomic E-state index is -4.75. The van der Waals surface area contributed by atoms with E-state index >= 15 is 0 Å². The predicted octanol–water partition coefficient (Wildman–Crippen LogP) is 3.95. The van der Waals surface area contributed by atoms with Crippen molar-refractivity contribution in [2.75, 3.05) is 40.0 Å². The van der Waals surface area contributed by atoms with Crippen LogP contribution in [0, 0.1) is 5.82 Å². The molecule has 2 aromatic rings. The number of nitrogens with one attached hydrogen (secondary N) is 2. The lowest BCUT2D eigenvalue weighted by Gasteiger charge is -2.50. The average Bonchev–Trinajstić information content (AvgIpc) is 2.85. The molecular weight excluding hydrogens is 494 g/mol. The molecule has 0 saturated carbocycles. The number of benzene rings is 2. The Hall–Kier alpha value is -3.34. The van der Waals surface area contributed by atoms with Crippen molar-refractivity contribution >= 4 is 11.9 Å². The predicted molar refractivity (Wildman–Crippen MR) is 127 cm³/mol. The number of piperidine rings is 1. The molecule has 2 heterocycles. The van der Waals surface area contributed by atoms with Crippen molar-refractivity contribution < 1.29 is 36.6 Å². The third kappa shape index (κ3) is 5.82. The first-order valence-corrected chi connectivity index (χ1v) is 12.0. The minimum Gasteiger partial charge on any atom is -0.491 e. The Balaban J connectivity index is 1.57. The van der Waals surface area contributed by atoms with Gasteiger partial charge in [-0.25, -0.2) is 9.18 Å². The summed E-state index contributed by atoms with van der Waals surface area (Å²) >= 11 is 0. The Bertz CT molecular complexity index is 1100. The van der Waals surface area contributed by atoms with Gasteiger partial charge in [-0.3, -0.25) is 4.79 Å². The van der Waals surface area contributed by atoms with Crippen LogP contribution in [-0.4, -0.2) is 68.5 Å². The van der Waals surface area contributed by atoms with Gasteiger partial charge in [0.25, 0.3) is 0 Å². The van der Waals surface area contributed by atoms with E-state index in [2.05, 4.69) is 10.6 Å². The topological polar surface area (TPSA) is 79.9 Å². The van der Waals surface area contributed by atoms with Gasteiger partial charge in [0.2, 0.25) is 5.91 Å². The summed E-state index contributed by atoms with van der Waals surface area (Å²) in [6.07, 6.45) is -4.29. The number of carbonyl (C=O) groups excluding carboxylic acids is 2. The summed E-state index contributed by atoms with van der Waals surface area (Å²) in [5.41, 5.74) is -0.309. The molecule has 2 N–H and O–H groups in total. The number of likely N-dealkylation sites (tertiary alicyclic amines) is 1. The number of halogens is 4. The minimum absolute atomic E-state index is 0.0239. The van der Waals surface area contributed by atoms with Gasteiger partial charge in [0.05, 0.1) is 12.1 Å². The number of hydrogen-bond acceptors (Lipinski definition) is 4. The lowest BCUT2D eigenvalue weighted by atomic mass is 9.71. The van der Waals surface area contributed by atoms with E-state index in [0.29, 0.717) is 17.9 Å². The number of nitrogens with zero attached hydrogens (tertiary/aromatic N) is 1. The number of urea groups is 1. The Labute approximate surface area is 212 Å². The number of alkyl halides is 3. The normalized spacial score (nSPS) is 20.2. The van der Waals surface area contributed by atoms with Gasteiger partial charge in [-0.15, -0.1) is 0 Å². The van der Waals surface area contributed by atoms with Gasteiger partial charge in [0, 0.05) is 44.3 Å². The summed E-state index contributed by atoms with van der Waals surface area (Å²) < 4.78 is 66.6. The zero-order valence-corrected chi connectivity index (χ0v) is 20.3. The first-order chi connectivity index (χ1) is 17.6. The van der Waals surface area contributed by atoms with E-state index in [4.69, 9.17) is 9.47 Å². The molecule has 3 amide bonds. The highest BCUT2D eigenvalue weighted by atomic mass is 19.4. The third-order valence-electron chi connectivity index (χ3n) is 7.07. The summed E-state index contributed by atoms with van der Waals surface area (Å²) in [5.74, 6) is -3.83. The standard InChI is InChI=1S/C26H29F4N3O4/c1-36-13-14-37-21-15-18(27)7-8-19(21)20-16-31-24(35)32-25(20)9-11-33(12-10-25)23(34)22(26(28,29)30)17-5-3-2-4-6-17/h2-8,15,20,22H,9-14,16H2,1H3,(H2,31,32,35)/t20?,22-/m0/s1. The van der Waals surface area contributed by atoms with E-state index in [1.54, 1.807) is 12.1 Å². The Morgan fingerprint density at radius 3 is 2.49 bits per heavy atom. The first kappa shape index (κ1) is 26.7. The molecule has 2 aliphatic rings. The molecule has 7 nitrogen and oxygen atoms in total. The van der Waals surface area contributed by atoms with Crippen LogP contribution in [0.5, 0.6) is 5.75 Å². The molecule has 0 bridgehead atoms. The summed E-state index contributed by atoms with van der Waals surface area (Å²) in [6, 6.07) is 10.9. The molecule has 1 unspecified atom stereocenters. The molecule has 2 aliphatic heterocycles. The number of hydrogen-bond donors (Lipinski definition) is 2. The molecule has 11 heteroatoms. The van der Waals surface area contributed by atoms with Gasteiger partial charge in [-0.2, -0.15) is 13.2 Å². The molecule has 2 aromatic carbocycles. The SMILES string of the molecule is COCCOc1cc(F)ccc1C1CNC(=O)NC12CCN(C(=O)[C@H](c1ccccc1)C(F)(F)F)CC2. The molecule has 2 saturated heterocycles. The van der Waals surface area contributed by atoms with Crippen LogP contribution in [0.1, 0.15) is 35.8 Å². The molecule has 2 atom stereocenters. The molecule has 0 aromatic heterocycles. The van der Waals surface area contributed by atoms with Crippen LogP contribution in [0.15, 0.2) is 48.5 Å². The molecule has 0 radical (unpaired) electrons. The fourth-order valence-corrected chi connectivity index (χ4v) is 5.21. The molecule has 2 fully saturated rings. The fraction of sp³-hybridized carbons (Fsp3) is 0.462. The van der Waals surface area contributed by atoms with Crippen LogP contribution < -0.4 is 15.4 Å². The Kier molecular flexibility index (Phi) is 7.91. The molecule has 37 heavy (non-hydrogen) atoms. The summed E-state index contributed by atoms with van der Waals surface area (Å²) in [6.45, 7) is 0.750. The van der Waals surface area contributed by atoms with E-state index < -0.39 is 35.4 Å². The largest absolute Gasteiger partial charge is 0.491 e. The van der Waals surface area contributed by atoms with Crippen LogP contribution in [0.4, 0.5) is 22.4 Å². The van der Waals surface area contributed by atoms with Crippen molar-refractivity contribution in [1.29, 1.82) is 0 Å². The Morgan fingerprint density at radius 2 is 1.84 bits per heavy atom. The van der Waals surface area contributed by atoms with Crippen LogP contribution in [-0.2, 0) is 9.53 Å². The van der Waals surface area contributed by atoms with Gasteiger partial charge in [0.1, 0.15) is 18.2 Å². The molecule has 4 rings (SSSR count). The average molecular weight is 524 g/mol. The van der Waals surface area contributed by atoms with Crippen LogP contribution in [0.25, 0.3) is 0 Å². The quantitative estimate of drug-likeness (QED) is 0.426. The first-order valence-electron chi connectivity index (χ1n) is 12.0. The number of methoxy groups -OCH3 is 1. The van der Waals surface area contributed by atoms with Crippen molar-refractivity contribution in [2.45, 2.75) is 36.4 Å². The van der Waals surface area contributed by atoms with Crippen molar-refractivity contribution in [3.63, 3.8) is 0 Å². The molecule has 200 valence electrons. The summed E-state index contributed by atoms with van der Waals surface area (Å²) in [4.78, 5) is 26.7. The van der Waals surface area contributed by atoms with E-state index in [-0.39, 0.29) is 50.6 Å². The fourth-order valence-electron chi connectivity index (χ4n) is 5.21. The van der Waals surface area contributed by atoms with Crippen molar-refractivity contribution in [2.24, 2.45) is 0 Å². The van der Waals surface area contributed by atoms with Crippen molar-refractivity contribution in [3.8, 4) is 5.75 Å². The smallest absolute Gasteiger partial charge is 0.404 e. The van der Waals surface area contributed by atoms with Crippen molar-refractivity contribution in [1.82, 2.24) is 15.5 Å². The van der Waals surface area contributed by atoms with E-state index in [0.717, 1.165) is 0 Å². The van der Waals surface area contributed by atoms with Gasteiger partial charge in [-0.1, -0.05) is 36.4 Å². The number of rotatable bonds is 7. The molecular formula is C26H29F4N3O4. The van der Waals surface area contributed by atoms with Crippen LogP contribution in [0.3, 0.4) is 0 Å². The van der Waals surface area contributed by atoms with Gasteiger partial charge in [0.15, 0.2) is 5.92 Å².